The minimum Gasteiger partial charge on any atom is -0.407 e. The molecule has 0 spiro atoms. The first kappa shape index (κ1) is 15.6. The first-order chi connectivity index (χ1) is 12.4. The first-order valence-electron chi connectivity index (χ1n) is 8.68. The number of hydrogen-bond acceptors (Lipinski definition) is 3. The molecule has 1 aliphatic carbocycles. The third kappa shape index (κ3) is 3.33. The molecule has 2 aromatic heterocycles. The third-order valence-electron chi connectivity index (χ3n) is 4.43. The van der Waals surface area contributed by atoms with Crippen LogP contribution in [-0.2, 0) is 0 Å². The van der Waals surface area contributed by atoms with Gasteiger partial charge in [-0.1, -0.05) is 48.6 Å². The number of nitrogens with zero attached hydrogens (tertiary/aromatic N) is 3. The molecule has 1 saturated carbocycles. The SMILES string of the molecule is C/C=C\C1CC1/C=C/COn1c(-c2ccccc2)nc2ncccc21. The lowest BCUT2D eigenvalue weighted by atomic mass is 10.2. The Balaban J connectivity index is 1.55. The van der Waals surface area contributed by atoms with Gasteiger partial charge in [0.1, 0.15) is 12.1 Å². The summed E-state index contributed by atoms with van der Waals surface area (Å²) in [7, 11) is 0. The van der Waals surface area contributed by atoms with E-state index in [1.807, 2.05) is 42.5 Å². The molecule has 126 valence electrons. The van der Waals surface area contributed by atoms with Crippen molar-refractivity contribution in [2.24, 2.45) is 11.8 Å². The maximum atomic E-state index is 6.03. The van der Waals surface area contributed by atoms with Crippen LogP contribution in [0.3, 0.4) is 0 Å². The van der Waals surface area contributed by atoms with Gasteiger partial charge in [-0.15, -0.1) is 0 Å². The van der Waals surface area contributed by atoms with Crippen molar-refractivity contribution in [3.63, 3.8) is 0 Å². The summed E-state index contributed by atoms with van der Waals surface area (Å²) in [6.45, 7) is 2.59. The highest BCUT2D eigenvalue weighted by Crippen LogP contribution is 2.40. The van der Waals surface area contributed by atoms with Crippen LogP contribution in [0, 0.1) is 11.8 Å². The Kier molecular flexibility index (Phi) is 4.34. The molecule has 0 N–H and O–H groups in total. The fraction of sp³-hybridized carbons (Fsp3) is 0.238. The lowest BCUT2D eigenvalue weighted by Crippen LogP contribution is -2.12. The van der Waals surface area contributed by atoms with Gasteiger partial charge >= 0.3 is 0 Å². The monoisotopic (exact) mass is 331 g/mol. The number of rotatable bonds is 6. The molecule has 25 heavy (non-hydrogen) atoms. The zero-order chi connectivity index (χ0) is 17.1. The molecule has 1 aromatic carbocycles. The van der Waals surface area contributed by atoms with Gasteiger partial charge in [0.25, 0.3) is 0 Å². The average Bonchev–Trinajstić information content (AvgIpc) is 3.29. The largest absolute Gasteiger partial charge is 0.407 e. The molecule has 3 aromatic rings. The predicted molar refractivity (Wildman–Crippen MR) is 100.0 cm³/mol. The summed E-state index contributed by atoms with van der Waals surface area (Å²) < 4.78 is 1.79. The molecular weight excluding hydrogens is 310 g/mol. The van der Waals surface area contributed by atoms with Crippen molar-refractivity contribution in [2.75, 3.05) is 6.61 Å². The fourth-order valence-corrected chi connectivity index (χ4v) is 3.07. The van der Waals surface area contributed by atoms with E-state index in [4.69, 9.17) is 4.84 Å². The van der Waals surface area contributed by atoms with Gasteiger partial charge in [-0.2, -0.15) is 4.73 Å². The van der Waals surface area contributed by atoms with Crippen molar-refractivity contribution in [2.45, 2.75) is 13.3 Å². The highest BCUT2D eigenvalue weighted by atomic mass is 16.7. The molecule has 0 saturated heterocycles. The third-order valence-corrected chi connectivity index (χ3v) is 4.43. The van der Waals surface area contributed by atoms with E-state index >= 15 is 0 Å². The molecule has 2 atom stereocenters. The smallest absolute Gasteiger partial charge is 0.181 e. The quantitative estimate of drug-likeness (QED) is 0.632. The van der Waals surface area contributed by atoms with Crippen LogP contribution in [0.25, 0.3) is 22.6 Å². The van der Waals surface area contributed by atoms with E-state index < -0.39 is 0 Å². The molecule has 0 bridgehead atoms. The van der Waals surface area contributed by atoms with E-state index in [-0.39, 0.29) is 0 Å². The van der Waals surface area contributed by atoms with Gasteiger partial charge in [0.15, 0.2) is 11.5 Å². The Morgan fingerprint density at radius 2 is 1.96 bits per heavy atom. The van der Waals surface area contributed by atoms with E-state index in [9.17, 15) is 0 Å². The summed E-state index contributed by atoms with van der Waals surface area (Å²) >= 11 is 0. The van der Waals surface area contributed by atoms with Crippen LogP contribution in [0.1, 0.15) is 13.3 Å². The van der Waals surface area contributed by atoms with Gasteiger partial charge < -0.3 is 4.84 Å². The zero-order valence-corrected chi connectivity index (χ0v) is 14.2. The number of allylic oxidation sites excluding steroid dienone is 3. The van der Waals surface area contributed by atoms with Crippen molar-refractivity contribution < 1.29 is 4.84 Å². The second-order valence-corrected chi connectivity index (χ2v) is 6.26. The lowest BCUT2D eigenvalue weighted by molar-refractivity contribution is 0.148. The van der Waals surface area contributed by atoms with E-state index in [0.717, 1.165) is 16.9 Å². The predicted octanol–water partition coefficient (Wildman–Crippen LogP) is 4.30. The minimum atomic E-state index is 0.513. The normalized spacial score (nSPS) is 19.9. The standard InChI is InChI=1S/C21H21N3O/c1-2-8-17-15-18(17)11-7-14-25-24-19-12-6-13-22-20(19)23-21(24)16-9-4-3-5-10-16/h2-13,17-18H,14-15H2,1H3/b8-2-,11-7+. The van der Waals surface area contributed by atoms with E-state index in [2.05, 4.69) is 41.2 Å². The number of imidazole rings is 1. The summed E-state index contributed by atoms with van der Waals surface area (Å²) in [6.07, 6.45) is 11.8. The molecule has 2 heterocycles. The highest BCUT2D eigenvalue weighted by molar-refractivity contribution is 5.76. The Labute approximate surface area is 147 Å². The van der Waals surface area contributed by atoms with Gasteiger partial charge in [-0.3, -0.25) is 0 Å². The number of benzene rings is 1. The summed E-state index contributed by atoms with van der Waals surface area (Å²) in [5, 5.41) is 0. The fourth-order valence-electron chi connectivity index (χ4n) is 3.07. The number of pyridine rings is 1. The molecule has 4 heteroatoms. The van der Waals surface area contributed by atoms with Crippen LogP contribution in [0.15, 0.2) is 73.0 Å². The average molecular weight is 331 g/mol. The van der Waals surface area contributed by atoms with Gasteiger partial charge in [-0.05, 0) is 43.4 Å². The van der Waals surface area contributed by atoms with Gasteiger partial charge in [0, 0.05) is 11.8 Å². The number of hydrogen-bond donors (Lipinski definition) is 0. The van der Waals surface area contributed by atoms with Gasteiger partial charge in [-0.25, -0.2) is 9.97 Å². The van der Waals surface area contributed by atoms with Crippen LogP contribution in [0.2, 0.25) is 0 Å². The van der Waals surface area contributed by atoms with Gasteiger partial charge in [0.2, 0.25) is 0 Å². The Morgan fingerprint density at radius 3 is 2.80 bits per heavy atom. The number of aromatic nitrogens is 3. The summed E-state index contributed by atoms with van der Waals surface area (Å²) in [4.78, 5) is 15.0. The Bertz CT molecular complexity index is 911. The molecule has 0 aliphatic heterocycles. The second kappa shape index (κ2) is 6.93. The number of fused-ring (bicyclic) bond motifs is 1. The maximum Gasteiger partial charge on any atom is 0.181 e. The van der Waals surface area contributed by atoms with Crippen molar-refractivity contribution in [1.29, 1.82) is 0 Å². The van der Waals surface area contributed by atoms with E-state index in [1.165, 1.54) is 6.42 Å². The van der Waals surface area contributed by atoms with Crippen molar-refractivity contribution >= 4 is 11.2 Å². The van der Waals surface area contributed by atoms with Crippen molar-refractivity contribution in [1.82, 2.24) is 14.7 Å². The molecule has 1 aliphatic rings. The second-order valence-electron chi connectivity index (χ2n) is 6.26. The zero-order valence-electron chi connectivity index (χ0n) is 14.2. The summed E-state index contributed by atoms with van der Waals surface area (Å²) in [6, 6.07) is 13.9. The maximum absolute atomic E-state index is 6.03. The van der Waals surface area contributed by atoms with Crippen molar-refractivity contribution in [3.05, 3.63) is 73.0 Å². The van der Waals surface area contributed by atoms with E-state index in [1.54, 1.807) is 10.9 Å². The van der Waals surface area contributed by atoms with Crippen LogP contribution in [-0.4, -0.2) is 21.3 Å². The molecule has 0 amide bonds. The molecule has 4 nitrogen and oxygen atoms in total. The Morgan fingerprint density at radius 1 is 1.12 bits per heavy atom. The molecule has 2 unspecified atom stereocenters. The van der Waals surface area contributed by atoms with Gasteiger partial charge in [0.05, 0.1) is 0 Å². The van der Waals surface area contributed by atoms with Crippen LogP contribution in [0.4, 0.5) is 0 Å². The van der Waals surface area contributed by atoms with Crippen LogP contribution >= 0.6 is 0 Å². The van der Waals surface area contributed by atoms with Crippen LogP contribution < -0.4 is 4.84 Å². The molecule has 0 radical (unpaired) electrons. The highest BCUT2D eigenvalue weighted by Gasteiger charge is 2.31. The molecule has 1 fully saturated rings. The first-order valence-corrected chi connectivity index (χ1v) is 8.68. The van der Waals surface area contributed by atoms with Crippen molar-refractivity contribution in [3.8, 4) is 11.4 Å². The van der Waals surface area contributed by atoms with E-state index in [0.29, 0.717) is 24.1 Å². The lowest BCUT2D eigenvalue weighted by Gasteiger charge is -2.09. The van der Waals surface area contributed by atoms with Crippen LogP contribution in [0.5, 0.6) is 0 Å². The Hall–Kier alpha value is -2.88. The molecule has 4 rings (SSSR count). The summed E-state index contributed by atoms with van der Waals surface area (Å²) in [5.41, 5.74) is 2.59. The minimum absolute atomic E-state index is 0.513. The summed E-state index contributed by atoms with van der Waals surface area (Å²) in [5.74, 6) is 2.15. The topological polar surface area (TPSA) is 39.9 Å². The molecular formula is C21H21N3O.